The second-order valence-corrected chi connectivity index (χ2v) is 6.57. The van der Waals surface area contributed by atoms with Crippen LogP contribution in [0, 0.1) is 0 Å². The third-order valence-corrected chi connectivity index (χ3v) is 4.65. The molecule has 1 amide bonds. The fraction of sp³-hybridized carbons (Fsp3) is 0.190. The highest BCUT2D eigenvalue weighted by Gasteiger charge is 2.17. The molecule has 9 heteroatoms. The number of benzene rings is 1. The van der Waals surface area contributed by atoms with Crippen molar-refractivity contribution in [2.45, 2.75) is 26.6 Å². The van der Waals surface area contributed by atoms with E-state index in [4.69, 9.17) is 4.42 Å². The van der Waals surface area contributed by atoms with Crippen LogP contribution in [0.3, 0.4) is 0 Å². The van der Waals surface area contributed by atoms with Gasteiger partial charge in [-0.1, -0.05) is 30.3 Å². The van der Waals surface area contributed by atoms with E-state index < -0.39 is 23.7 Å². The Morgan fingerprint density at radius 3 is 2.60 bits per heavy atom. The van der Waals surface area contributed by atoms with Gasteiger partial charge < -0.3 is 9.73 Å². The summed E-state index contributed by atoms with van der Waals surface area (Å²) in [6.07, 6.45) is 2.90. The maximum Gasteiger partial charge on any atom is 0.333 e. The minimum absolute atomic E-state index is 0.166. The van der Waals surface area contributed by atoms with E-state index in [1.165, 1.54) is 17.0 Å². The van der Waals surface area contributed by atoms with Crippen molar-refractivity contribution >= 4 is 16.9 Å². The monoisotopic (exact) mass is 405 g/mol. The molecule has 4 rings (SSSR count). The molecule has 0 atom stereocenters. The van der Waals surface area contributed by atoms with E-state index in [-0.39, 0.29) is 24.1 Å². The number of furan rings is 1. The number of carbonyl (C=O) groups excluding carboxylic acids is 1. The van der Waals surface area contributed by atoms with Crippen LogP contribution in [0.15, 0.2) is 68.9 Å². The van der Waals surface area contributed by atoms with E-state index in [1.807, 2.05) is 30.3 Å². The third-order valence-electron chi connectivity index (χ3n) is 4.65. The van der Waals surface area contributed by atoms with E-state index in [1.54, 1.807) is 19.1 Å². The molecule has 9 nitrogen and oxygen atoms in total. The number of nitrogens with one attached hydrogen (secondary N) is 1. The van der Waals surface area contributed by atoms with Crippen molar-refractivity contribution in [3.8, 4) is 11.4 Å². The highest BCUT2D eigenvalue weighted by Crippen LogP contribution is 2.15. The van der Waals surface area contributed by atoms with Gasteiger partial charge >= 0.3 is 5.69 Å². The Balaban J connectivity index is 1.72. The average Bonchev–Trinajstić information content (AvgIpc) is 3.30. The average molecular weight is 405 g/mol. The SMILES string of the molecule is CCn1c(=O)n(CC(=O)NCc2ccco2)c(=O)c2cnc(-c3ccccc3)nc21. The summed E-state index contributed by atoms with van der Waals surface area (Å²) in [5, 5.41) is 2.81. The number of rotatable bonds is 6. The van der Waals surface area contributed by atoms with Crippen molar-refractivity contribution in [3.05, 3.63) is 81.5 Å². The van der Waals surface area contributed by atoms with Gasteiger partial charge in [0.1, 0.15) is 17.7 Å². The molecule has 3 heterocycles. The molecule has 152 valence electrons. The molecule has 0 bridgehead atoms. The Morgan fingerprint density at radius 2 is 1.90 bits per heavy atom. The van der Waals surface area contributed by atoms with E-state index in [0.717, 1.165) is 10.1 Å². The van der Waals surface area contributed by atoms with Crippen LogP contribution >= 0.6 is 0 Å². The molecule has 0 aliphatic heterocycles. The fourth-order valence-corrected chi connectivity index (χ4v) is 3.15. The zero-order chi connectivity index (χ0) is 21.1. The van der Waals surface area contributed by atoms with Gasteiger partial charge in [0, 0.05) is 18.3 Å². The quantitative estimate of drug-likeness (QED) is 0.521. The van der Waals surface area contributed by atoms with Crippen LogP contribution in [-0.2, 0) is 24.4 Å². The predicted octanol–water partition coefficient (Wildman–Crippen LogP) is 1.55. The summed E-state index contributed by atoms with van der Waals surface area (Å²) in [6, 6.07) is 12.7. The van der Waals surface area contributed by atoms with Crippen molar-refractivity contribution in [2.75, 3.05) is 0 Å². The molecule has 4 aromatic rings. The van der Waals surface area contributed by atoms with Crippen LogP contribution in [0.25, 0.3) is 22.4 Å². The number of aryl methyl sites for hydroxylation is 1. The van der Waals surface area contributed by atoms with Crippen molar-refractivity contribution < 1.29 is 9.21 Å². The van der Waals surface area contributed by atoms with Crippen LogP contribution in [0.4, 0.5) is 0 Å². The first-order valence-electron chi connectivity index (χ1n) is 9.43. The minimum Gasteiger partial charge on any atom is -0.467 e. The van der Waals surface area contributed by atoms with Crippen molar-refractivity contribution in [1.29, 1.82) is 0 Å². The number of carbonyl (C=O) groups is 1. The number of hydrogen-bond acceptors (Lipinski definition) is 6. The standard InChI is InChI=1S/C21H19N5O4/c1-2-25-19-16(12-23-18(24-19)14-7-4-3-5-8-14)20(28)26(21(25)29)13-17(27)22-11-15-9-6-10-30-15/h3-10,12H,2,11,13H2,1H3,(H,22,27). The molecule has 0 fully saturated rings. The molecule has 0 radical (unpaired) electrons. The van der Waals surface area contributed by atoms with Crippen molar-refractivity contribution in [1.82, 2.24) is 24.4 Å². The number of hydrogen-bond donors (Lipinski definition) is 1. The molecule has 1 aromatic carbocycles. The molecule has 0 saturated carbocycles. The number of nitrogens with zero attached hydrogens (tertiary/aromatic N) is 4. The van der Waals surface area contributed by atoms with Gasteiger partial charge in [-0.3, -0.25) is 18.7 Å². The number of amides is 1. The topological polar surface area (TPSA) is 112 Å². The summed E-state index contributed by atoms with van der Waals surface area (Å²) < 4.78 is 7.42. The minimum atomic E-state index is -0.604. The second-order valence-electron chi connectivity index (χ2n) is 6.57. The second kappa shape index (κ2) is 8.16. The Kier molecular flexibility index (Phi) is 5.25. The molecule has 1 N–H and O–H groups in total. The Hall–Kier alpha value is -4.01. The Bertz CT molecular complexity index is 1310. The van der Waals surface area contributed by atoms with E-state index in [2.05, 4.69) is 15.3 Å². The van der Waals surface area contributed by atoms with Gasteiger partial charge in [0.25, 0.3) is 5.56 Å². The highest BCUT2D eigenvalue weighted by atomic mass is 16.3. The molecule has 0 spiro atoms. The first-order chi connectivity index (χ1) is 14.6. The van der Waals surface area contributed by atoms with Crippen molar-refractivity contribution in [3.63, 3.8) is 0 Å². The smallest absolute Gasteiger partial charge is 0.333 e. The predicted molar refractivity (Wildman–Crippen MR) is 110 cm³/mol. The number of aromatic nitrogens is 4. The van der Waals surface area contributed by atoms with E-state index >= 15 is 0 Å². The molecule has 0 unspecified atom stereocenters. The van der Waals surface area contributed by atoms with Gasteiger partial charge in [0.05, 0.1) is 12.8 Å². The summed E-state index contributed by atoms with van der Waals surface area (Å²) >= 11 is 0. The first-order valence-corrected chi connectivity index (χ1v) is 9.43. The van der Waals surface area contributed by atoms with E-state index in [0.29, 0.717) is 11.6 Å². The van der Waals surface area contributed by atoms with Gasteiger partial charge in [-0.05, 0) is 19.1 Å². The lowest BCUT2D eigenvalue weighted by Crippen LogP contribution is -2.44. The summed E-state index contributed by atoms with van der Waals surface area (Å²) in [4.78, 5) is 46.9. The Morgan fingerprint density at radius 1 is 1.10 bits per heavy atom. The lowest BCUT2D eigenvalue weighted by atomic mass is 10.2. The molecule has 0 aliphatic rings. The van der Waals surface area contributed by atoms with Gasteiger partial charge in [-0.25, -0.2) is 14.8 Å². The molecule has 0 saturated heterocycles. The van der Waals surface area contributed by atoms with Gasteiger partial charge in [-0.15, -0.1) is 0 Å². The first kappa shape index (κ1) is 19.3. The third kappa shape index (κ3) is 3.64. The zero-order valence-corrected chi connectivity index (χ0v) is 16.2. The van der Waals surface area contributed by atoms with Crippen LogP contribution in [0.1, 0.15) is 12.7 Å². The highest BCUT2D eigenvalue weighted by molar-refractivity contribution is 5.78. The van der Waals surface area contributed by atoms with E-state index in [9.17, 15) is 14.4 Å². The van der Waals surface area contributed by atoms with Crippen LogP contribution in [0.2, 0.25) is 0 Å². The lowest BCUT2D eigenvalue weighted by Gasteiger charge is -2.12. The maximum atomic E-state index is 12.9. The normalized spacial score (nSPS) is 11.0. The lowest BCUT2D eigenvalue weighted by molar-refractivity contribution is -0.122. The maximum absolute atomic E-state index is 12.9. The van der Waals surface area contributed by atoms with Gasteiger partial charge in [0.15, 0.2) is 11.5 Å². The van der Waals surface area contributed by atoms with Crippen molar-refractivity contribution in [2.24, 2.45) is 0 Å². The fourth-order valence-electron chi connectivity index (χ4n) is 3.15. The van der Waals surface area contributed by atoms with Crippen LogP contribution in [0.5, 0.6) is 0 Å². The Labute approximate surface area is 170 Å². The van der Waals surface area contributed by atoms with Gasteiger partial charge in [0.2, 0.25) is 5.91 Å². The molecular formula is C21H19N5O4. The summed E-state index contributed by atoms with van der Waals surface area (Å²) in [5.41, 5.74) is -0.182. The molecular weight excluding hydrogens is 386 g/mol. The largest absolute Gasteiger partial charge is 0.467 e. The summed E-state index contributed by atoms with van der Waals surface area (Å²) in [5.74, 6) is 0.509. The van der Waals surface area contributed by atoms with Crippen LogP contribution in [-0.4, -0.2) is 25.0 Å². The molecule has 30 heavy (non-hydrogen) atoms. The summed E-state index contributed by atoms with van der Waals surface area (Å²) in [6.45, 7) is 1.82. The zero-order valence-electron chi connectivity index (χ0n) is 16.2. The van der Waals surface area contributed by atoms with Gasteiger partial charge in [-0.2, -0.15) is 0 Å². The number of fused-ring (bicyclic) bond motifs is 1. The molecule has 3 aromatic heterocycles. The summed E-state index contributed by atoms with van der Waals surface area (Å²) in [7, 11) is 0. The van der Waals surface area contributed by atoms with Crippen LogP contribution < -0.4 is 16.6 Å². The molecule has 0 aliphatic carbocycles.